The van der Waals surface area contributed by atoms with E-state index in [1.165, 1.54) is 12.8 Å². The molecule has 2 N–H and O–H groups in total. The van der Waals surface area contributed by atoms with Crippen LogP contribution >= 0.6 is 11.6 Å². The molecule has 1 aliphatic rings. The van der Waals surface area contributed by atoms with Gasteiger partial charge in [0.05, 0.1) is 12.1 Å². The van der Waals surface area contributed by atoms with E-state index in [4.69, 9.17) is 11.6 Å². The Kier molecular flexibility index (Phi) is 3.68. The number of carbonyl (C=O) groups excluding carboxylic acids is 1. The lowest BCUT2D eigenvalue weighted by molar-refractivity contribution is -0.121. The van der Waals surface area contributed by atoms with Gasteiger partial charge in [0.25, 0.3) is 0 Å². The van der Waals surface area contributed by atoms with Crippen molar-refractivity contribution in [3.05, 3.63) is 35.0 Å². The lowest BCUT2D eigenvalue weighted by Gasteiger charge is -2.07. The van der Waals surface area contributed by atoms with E-state index in [2.05, 4.69) is 5.32 Å². The average Bonchev–Trinajstić information content (AvgIpc) is 3.20. The number of halogens is 1. The Labute approximate surface area is 122 Å². The van der Waals surface area contributed by atoms with Crippen LogP contribution in [0.2, 0.25) is 5.02 Å². The molecule has 0 radical (unpaired) electrons. The number of benzene rings is 1. The summed E-state index contributed by atoms with van der Waals surface area (Å²) in [6.45, 7) is 0.976. The molecule has 1 heterocycles. The summed E-state index contributed by atoms with van der Waals surface area (Å²) < 4.78 is 1.84. The van der Waals surface area contributed by atoms with Gasteiger partial charge in [-0.1, -0.05) is 17.7 Å². The number of aliphatic hydroxyl groups excluding tert-OH is 1. The van der Waals surface area contributed by atoms with Crippen LogP contribution in [0.5, 0.6) is 0 Å². The number of hydrogen-bond donors (Lipinski definition) is 2. The summed E-state index contributed by atoms with van der Waals surface area (Å²) in [4.78, 5) is 11.9. The van der Waals surface area contributed by atoms with E-state index < -0.39 is 0 Å². The van der Waals surface area contributed by atoms with Crippen molar-refractivity contribution in [1.82, 2.24) is 9.88 Å². The maximum Gasteiger partial charge on any atom is 0.239 e. The molecule has 20 heavy (non-hydrogen) atoms. The largest absolute Gasteiger partial charge is 0.392 e. The molecule has 1 saturated carbocycles. The van der Waals surface area contributed by atoms with Crippen LogP contribution in [0.3, 0.4) is 0 Å². The fraction of sp³-hybridized carbons (Fsp3) is 0.400. The molecule has 3 rings (SSSR count). The van der Waals surface area contributed by atoms with Crippen LogP contribution in [0.25, 0.3) is 10.9 Å². The number of amides is 1. The molecule has 2 aromatic rings. The molecule has 1 aliphatic carbocycles. The van der Waals surface area contributed by atoms with Crippen molar-refractivity contribution in [3.63, 3.8) is 0 Å². The zero-order valence-corrected chi connectivity index (χ0v) is 11.9. The van der Waals surface area contributed by atoms with Crippen molar-refractivity contribution in [2.24, 2.45) is 5.92 Å². The molecule has 5 heteroatoms. The van der Waals surface area contributed by atoms with Crippen LogP contribution < -0.4 is 5.32 Å². The Morgan fingerprint density at radius 1 is 1.45 bits per heavy atom. The highest BCUT2D eigenvalue weighted by Crippen LogP contribution is 2.28. The first-order chi connectivity index (χ1) is 9.67. The van der Waals surface area contributed by atoms with Gasteiger partial charge in [-0.2, -0.15) is 0 Å². The molecule has 1 aromatic carbocycles. The first-order valence-electron chi connectivity index (χ1n) is 6.82. The van der Waals surface area contributed by atoms with Crippen molar-refractivity contribution in [2.75, 3.05) is 6.54 Å². The van der Waals surface area contributed by atoms with E-state index >= 15 is 0 Å². The maximum absolute atomic E-state index is 11.9. The van der Waals surface area contributed by atoms with Crippen molar-refractivity contribution in [2.45, 2.75) is 26.0 Å². The molecule has 0 spiro atoms. The summed E-state index contributed by atoms with van der Waals surface area (Å²) in [5, 5.41) is 13.9. The number of nitrogens with one attached hydrogen (secondary N) is 1. The Bertz CT molecular complexity index is 647. The van der Waals surface area contributed by atoms with Gasteiger partial charge in [0.15, 0.2) is 0 Å². The van der Waals surface area contributed by atoms with Gasteiger partial charge < -0.3 is 15.0 Å². The second kappa shape index (κ2) is 5.46. The van der Waals surface area contributed by atoms with Crippen molar-refractivity contribution in [3.8, 4) is 0 Å². The highest BCUT2D eigenvalue weighted by molar-refractivity contribution is 6.31. The second-order valence-corrected chi connectivity index (χ2v) is 5.79. The van der Waals surface area contributed by atoms with Gasteiger partial charge in [-0.05, 0) is 30.9 Å². The third kappa shape index (κ3) is 2.81. The van der Waals surface area contributed by atoms with Crippen LogP contribution in [0.15, 0.2) is 24.4 Å². The summed E-state index contributed by atoms with van der Waals surface area (Å²) >= 11 is 6.01. The summed E-state index contributed by atoms with van der Waals surface area (Å²) in [5.41, 5.74) is 1.69. The van der Waals surface area contributed by atoms with E-state index in [1.807, 2.05) is 22.9 Å². The second-order valence-electron chi connectivity index (χ2n) is 5.35. The Hall–Kier alpha value is -1.52. The van der Waals surface area contributed by atoms with Gasteiger partial charge >= 0.3 is 0 Å². The van der Waals surface area contributed by atoms with Gasteiger partial charge in [0.2, 0.25) is 5.91 Å². The minimum atomic E-state index is -0.0468. The average molecular weight is 293 g/mol. The monoisotopic (exact) mass is 292 g/mol. The highest BCUT2D eigenvalue weighted by Gasteiger charge is 2.21. The first-order valence-corrected chi connectivity index (χ1v) is 7.20. The smallest absolute Gasteiger partial charge is 0.239 e. The maximum atomic E-state index is 11.9. The minimum Gasteiger partial charge on any atom is -0.392 e. The number of nitrogens with zero attached hydrogens (tertiary/aromatic N) is 1. The molecule has 0 saturated heterocycles. The third-order valence-electron chi connectivity index (χ3n) is 3.70. The molecular formula is C15H17ClN2O2. The normalized spacial score (nSPS) is 14.7. The van der Waals surface area contributed by atoms with Gasteiger partial charge in [-0.25, -0.2) is 0 Å². The Morgan fingerprint density at radius 2 is 2.25 bits per heavy atom. The number of hydrogen-bond acceptors (Lipinski definition) is 2. The SMILES string of the molecule is O=C(Cn1cc(CO)c2ccc(Cl)cc21)NCC1CC1. The van der Waals surface area contributed by atoms with Crippen LogP contribution in [0.4, 0.5) is 0 Å². The summed E-state index contributed by atoms with van der Waals surface area (Å²) in [6, 6.07) is 5.49. The molecular weight excluding hydrogens is 276 g/mol. The van der Waals surface area contributed by atoms with Crippen molar-refractivity contribution < 1.29 is 9.90 Å². The van der Waals surface area contributed by atoms with E-state index in [0.717, 1.165) is 23.0 Å². The van der Waals surface area contributed by atoms with E-state index in [1.54, 1.807) is 6.07 Å². The molecule has 0 unspecified atom stereocenters. The molecule has 0 atom stereocenters. The highest BCUT2D eigenvalue weighted by atomic mass is 35.5. The summed E-state index contributed by atoms with van der Waals surface area (Å²) in [7, 11) is 0. The molecule has 1 fully saturated rings. The topological polar surface area (TPSA) is 54.3 Å². The number of fused-ring (bicyclic) bond motifs is 1. The van der Waals surface area contributed by atoms with E-state index in [9.17, 15) is 9.90 Å². The van der Waals surface area contributed by atoms with Gasteiger partial charge in [-0.15, -0.1) is 0 Å². The summed E-state index contributed by atoms with van der Waals surface area (Å²) in [5.74, 6) is 0.668. The van der Waals surface area contributed by atoms with Crippen LogP contribution in [-0.4, -0.2) is 22.1 Å². The molecule has 1 aromatic heterocycles. The van der Waals surface area contributed by atoms with E-state index in [0.29, 0.717) is 10.9 Å². The van der Waals surface area contributed by atoms with Crippen molar-refractivity contribution in [1.29, 1.82) is 0 Å². The number of aliphatic hydroxyl groups is 1. The zero-order chi connectivity index (χ0) is 14.1. The lowest BCUT2D eigenvalue weighted by Crippen LogP contribution is -2.29. The minimum absolute atomic E-state index is 0.00161. The van der Waals surface area contributed by atoms with Crippen LogP contribution in [0, 0.1) is 5.92 Å². The summed E-state index contributed by atoms with van der Waals surface area (Å²) in [6.07, 6.45) is 4.26. The number of aromatic nitrogens is 1. The molecule has 106 valence electrons. The van der Waals surface area contributed by atoms with Gasteiger partial charge in [0, 0.05) is 28.7 Å². The number of rotatable bonds is 5. The Morgan fingerprint density at radius 3 is 2.95 bits per heavy atom. The molecule has 1 amide bonds. The van der Waals surface area contributed by atoms with Gasteiger partial charge in [-0.3, -0.25) is 4.79 Å². The fourth-order valence-corrected chi connectivity index (χ4v) is 2.56. The van der Waals surface area contributed by atoms with Crippen molar-refractivity contribution >= 4 is 28.4 Å². The first kappa shape index (κ1) is 13.5. The number of carbonyl (C=O) groups is 1. The standard InChI is InChI=1S/C15H17ClN2O2/c16-12-3-4-13-11(9-19)7-18(14(13)5-12)8-15(20)17-6-10-1-2-10/h3-5,7,10,19H,1-2,6,8-9H2,(H,17,20). The van der Waals surface area contributed by atoms with Crippen LogP contribution in [0.1, 0.15) is 18.4 Å². The molecule has 0 aliphatic heterocycles. The third-order valence-corrected chi connectivity index (χ3v) is 3.93. The quantitative estimate of drug-likeness (QED) is 0.888. The van der Waals surface area contributed by atoms with Gasteiger partial charge in [0.1, 0.15) is 6.54 Å². The van der Waals surface area contributed by atoms with E-state index in [-0.39, 0.29) is 19.1 Å². The predicted molar refractivity (Wildman–Crippen MR) is 78.6 cm³/mol. The predicted octanol–water partition coefficient (Wildman–Crippen LogP) is 2.31. The van der Waals surface area contributed by atoms with Crippen LogP contribution in [-0.2, 0) is 17.9 Å². The Balaban J connectivity index is 1.82. The zero-order valence-electron chi connectivity index (χ0n) is 11.1. The lowest BCUT2D eigenvalue weighted by atomic mass is 10.2. The molecule has 0 bridgehead atoms. The fourth-order valence-electron chi connectivity index (χ4n) is 2.39. The molecule has 4 nitrogen and oxygen atoms in total.